The molecule has 2 aromatic carbocycles. The minimum atomic E-state index is -0.204. The molecular formula is C22H23ClFN3O. The number of nitrogens with one attached hydrogen (secondary N) is 2. The van der Waals surface area contributed by atoms with Crippen molar-refractivity contribution in [2.45, 2.75) is 19.3 Å². The van der Waals surface area contributed by atoms with Crippen LogP contribution in [0.3, 0.4) is 0 Å². The standard InChI is InChI=1S/C22H23ClFN3O/c23-17-5-6-20-18(13-17)16(14-26-20)7-10-25-22(28)15-8-11-27(12-9-15)21-4-2-1-3-19(21)24/h1-6,13-15,26H,7-12H2,(H,25,28). The van der Waals surface area contributed by atoms with E-state index in [1.54, 1.807) is 12.1 Å². The van der Waals surface area contributed by atoms with E-state index < -0.39 is 0 Å². The van der Waals surface area contributed by atoms with Crippen molar-refractivity contribution >= 4 is 34.1 Å². The van der Waals surface area contributed by atoms with Crippen LogP contribution >= 0.6 is 11.6 Å². The summed E-state index contributed by atoms with van der Waals surface area (Å²) in [5, 5.41) is 4.86. The van der Waals surface area contributed by atoms with Gasteiger partial charge in [-0.1, -0.05) is 23.7 Å². The third kappa shape index (κ3) is 3.99. The highest BCUT2D eigenvalue weighted by Gasteiger charge is 2.25. The van der Waals surface area contributed by atoms with E-state index in [-0.39, 0.29) is 17.6 Å². The van der Waals surface area contributed by atoms with Gasteiger partial charge in [-0.05, 0) is 55.2 Å². The number of piperidine rings is 1. The summed E-state index contributed by atoms with van der Waals surface area (Å²) in [6, 6.07) is 12.6. The molecule has 0 radical (unpaired) electrons. The molecule has 1 fully saturated rings. The molecule has 1 aliphatic heterocycles. The monoisotopic (exact) mass is 399 g/mol. The van der Waals surface area contributed by atoms with E-state index in [0.717, 1.165) is 35.7 Å². The van der Waals surface area contributed by atoms with Gasteiger partial charge in [-0.2, -0.15) is 0 Å². The van der Waals surface area contributed by atoms with Crippen molar-refractivity contribution in [2.24, 2.45) is 5.92 Å². The molecule has 3 aromatic rings. The van der Waals surface area contributed by atoms with Gasteiger partial charge in [-0.15, -0.1) is 0 Å². The Kier molecular flexibility index (Phi) is 5.53. The Bertz CT molecular complexity index is 979. The van der Waals surface area contributed by atoms with Crippen LogP contribution in [0.25, 0.3) is 10.9 Å². The average Bonchev–Trinajstić information content (AvgIpc) is 3.10. The molecule has 1 amide bonds. The summed E-state index contributed by atoms with van der Waals surface area (Å²) >= 11 is 6.09. The van der Waals surface area contributed by atoms with E-state index >= 15 is 0 Å². The Morgan fingerprint density at radius 3 is 2.79 bits per heavy atom. The van der Waals surface area contributed by atoms with Gasteiger partial charge in [-0.25, -0.2) is 4.39 Å². The van der Waals surface area contributed by atoms with E-state index in [9.17, 15) is 9.18 Å². The summed E-state index contributed by atoms with van der Waals surface area (Å²) < 4.78 is 13.9. The van der Waals surface area contributed by atoms with Crippen molar-refractivity contribution in [2.75, 3.05) is 24.5 Å². The fraction of sp³-hybridized carbons (Fsp3) is 0.318. The van der Waals surface area contributed by atoms with E-state index in [2.05, 4.69) is 10.3 Å². The van der Waals surface area contributed by atoms with Crippen LogP contribution in [0.15, 0.2) is 48.7 Å². The lowest BCUT2D eigenvalue weighted by molar-refractivity contribution is -0.125. The normalized spacial score (nSPS) is 15.1. The molecule has 0 aliphatic carbocycles. The quantitative estimate of drug-likeness (QED) is 0.661. The van der Waals surface area contributed by atoms with Crippen LogP contribution in [0.5, 0.6) is 0 Å². The molecule has 0 spiro atoms. The van der Waals surface area contributed by atoms with Crippen LogP contribution in [0.4, 0.5) is 10.1 Å². The Labute approximate surface area is 168 Å². The molecule has 0 bridgehead atoms. The second-order valence-electron chi connectivity index (χ2n) is 7.26. The van der Waals surface area contributed by atoms with E-state index in [0.29, 0.717) is 30.3 Å². The van der Waals surface area contributed by atoms with Crippen molar-refractivity contribution < 1.29 is 9.18 Å². The number of rotatable bonds is 5. The summed E-state index contributed by atoms with van der Waals surface area (Å²) in [5.41, 5.74) is 2.82. The fourth-order valence-electron chi connectivity index (χ4n) is 3.91. The largest absolute Gasteiger partial charge is 0.369 e. The molecule has 146 valence electrons. The predicted molar refractivity (Wildman–Crippen MR) is 111 cm³/mol. The molecule has 4 nitrogen and oxygen atoms in total. The molecule has 0 saturated carbocycles. The number of H-pyrrole nitrogens is 1. The number of hydrogen-bond donors (Lipinski definition) is 2. The van der Waals surface area contributed by atoms with Gasteiger partial charge >= 0.3 is 0 Å². The highest BCUT2D eigenvalue weighted by molar-refractivity contribution is 6.31. The molecule has 0 unspecified atom stereocenters. The number of fused-ring (bicyclic) bond motifs is 1. The fourth-order valence-corrected chi connectivity index (χ4v) is 4.09. The summed E-state index contributed by atoms with van der Waals surface area (Å²) in [7, 11) is 0. The number of hydrogen-bond acceptors (Lipinski definition) is 2. The van der Waals surface area contributed by atoms with Crippen LogP contribution in [-0.2, 0) is 11.2 Å². The number of anilines is 1. The van der Waals surface area contributed by atoms with Gasteiger partial charge < -0.3 is 15.2 Å². The van der Waals surface area contributed by atoms with Crippen LogP contribution in [0, 0.1) is 11.7 Å². The molecule has 1 saturated heterocycles. The average molecular weight is 400 g/mol. The van der Waals surface area contributed by atoms with Gasteiger partial charge in [0.15, 0.2) is 0 Å². The molecular weight excluding hydrogens is 377 g/mol. The maximum Gasteiger partial charge on any atom is 0.223 e. The second kappa shape index (κ2) is 8.23. The number of aromatic amines is 1. The number of benzene rings is 2. The lowest BCUT2D eigenvalue weighted by Crippen LogP contribution is -2.41. The van der Waals surface area contributed by atoms with Crippen molar-refractivity contribution in [3.05, 3.63) is 65.1 Å². The van der Waals surface area contributed by atoms with Crippen LogP contribution < -0.4 is 10.2 Å². The number of amides is 1. The minimum absolute atomic E-state index is 0.0135. The number of para-hydroxylation sites is 1. The first-order valence-corrected chi connectivity index (χ1v) is 10.0. The van der Waals surface area contributed by atoms with Crippen molar-refractivity contribution in [3.63, 3.8) is 0 Å². The Morgan fingerprint density at radius 2 is 2.00 bits per heavy atom. The number of nitrogens with zero attached hydrogens (tertiary/aromatic N) is 1. The summed E-state index contributed by atoms with van der Waals surface area (Å²) in [4.78, 5) is 17.8. The van der Waals surface area contributed by atoms with E-state index in [4.69, 9.17) is 11.6 Å². The third-order valence-corrected chi connectivity index (χ3v) is 5.72. The maximum absolute atomic E-state index is 13.9. The van der Waals surface area contributed by atoms with Gasteiger partial charge in [0.1, 0.15) is 5.82 Å². The second-order valence-corrected chi connectivity index (χ2v) is 7.69. The number of carbonyl (C=O) groups is 1. The molecule has 1 aliphatic rings. The van der Waals surface area contributed by atoms with Crippen LogP contribution in [0.2, 0.25) is 5.02 Å². The zero-order valence-corrected chi connectivity index (χ0v) is 16.3. The van der Waals surface area contributed by atoms with Gasteiger partial charge in [0.05, 0.1) is 5.69 Å². The van der Waals surface area contributed by atoms with Crippen molar-refractivity contribution in [3.8, 4) is 0 Å². The molecule has 1 aromatic heterocycles. The first kappa shape index (κ1) is 18.8. The smallest absolute Gasteiger partial charge is 0.223 e. The molecule has 4 rings (SSSR count). The molecule has 28 heavy (non-hydrogen) atoms. The van der Waals surface area contributed by atoms with Gasteiger partial charge in [-0.3, -0.25) is 4.79 Å². The summed E-state index contributed by atoms with van der Waals surface area (Å²) in [5.74, 6) is -0.129. The first-order chi connectivity index (χ1) is 13.6. The SMILES string of the molecule is O=C(NCCc1c[nH]c2ccc(Cl)cc12)C1CCN(c2ccccc2F)CC1. The van der Waals surface area contributed by atoms with Gasteiger partial charge in [0.2, 0.25) is 5.91 Å². The van der Waals surface area contributed by atoms with Gasteiger partial charge in [0.25, 0.3) is 0 Å². The lowest BCUT2D eigenvalue weighted by atomic mass is 9.95. The van der Waals surface area contributed by atoms with Gasteiger partial charge in [0, 0.05) is 47.7 Å². The van der Waals surface area contributed by atoms with Crippen molar-refractivity contribution in [1.82, 2.24) is 10.3 Å². The number of halogens is 2. The zero-order chi connectivity index (χ0) is 19.5. The van der Waals surface area contributed by atoms with Crippen LogP contribution in [0.1, 0.15) is 18.4 Å². The highest BCUT2D eigenvalue weighted by atomic mass is 35.5. The summed E-state index contributed by atoms with van der Waals surface area (Å²) in [6.07, 6.45) is 4.20. The lowest BCUT2D eigenvalue weighted by Gasteiger charge is -2.33. The molecule has 6 heteroatoms. The maximum atomic E-state index is 13.9. The molecule has 0 atom stereocenters. The predicted octanol–water partition coefficient (Wildman–Crippen LogP) is 4.54. The molecule has 2 heterocycles. The van der Waals surface area contributed by atoms with Crippen LogP contribution in [-0.4, -0.2) is 30.5 Å². The Balaban J connectivity index is 1.28. The third-order valence-electron chi connectivity index (χ3n) is 5.48. The Hall–Kier alpha value is -2.53. The topological polar surface area (TPSA) is 48.1 Å². The van der Waals surface area contributed by atoms with Crippen molar-refractivity contribution in [1.29, 1.82) is 0 Å². The first-order valence-electron chi connectivity index (χ1n) is 9.64. The highest BCUT2D eigenvalue weighted by Crippen LogP contribution is 2.26. The molecule has 2 N–H and O–H groups in total. The zero-order valence-electron chi connectivity index (χ0n) is 15.6. The number of carbonyl (C=O) groups excluding carboxylic acids is 1. The number of aromatic nitrogens is 1. The Morgan fingerprint density at radius 1 is 1.21 bits per heavy atom. The van der Waals surface area contributed by atoms with E-state index in [1.807, 2.05) is 35.4 Å². The minimum Gasteiger partial charge on any atom is -0.369 e. The summed E-state index contributed by atoms with van der Waals surface area (Å²) in [6.45, 7) is 1.98. The van der Waals surface area contributed by atoms with E-state index in [1.165, 1.54) is 6.07 Å².